The third kappa shape index (κ3) is 3.08. The minimum atomic E-state index is -0.533. The summed E-state index contributed by atoms with van der Waals surface area (Å²) in [6, 6.07) is 6.63. The van der Waals surface area contributed by atoms with Crippen molar-refractivity contribution in [3.8, 4) is 0 Å². The van der Waals surface area contributed by atoms with Gasteiger partial charge in [0.1, 0.15) is 0 Å². The fraction of sp³-hybridized carbons (Fsp3) is 0.353. The van der Waals surface area contributed by atoms with Crippen molar-refractivity contribution in [2.45, 2.75) is 26.3 Å². The molecule has 1 aromatic carbocycles. The maximum Gasteiger partial charge on any atom is 0.338 e. The lowest BCUT2D eigenvalue weighted by molar-refractivity contribution is -0.139. The topological polar surface area (TPSA) is 59.0 Å². The minimum Gasteiger partial charge on any atom is -0.463 e. The Morgan fingerprint density at radius 3 is 2.79 bits per heavy atom. The molecule has 0 aliphatic carbocycles. The van der Waals surface area contributed by atoms with Gasteiger partial charge in [0.2, 0.25) is 5.91 Å². The first-order valence-electron chi connectivity index (χ1n) is 7.69. The zero-order valence-electron chi connectivity index (χ0n) is 13.4. The van der Waals surface area contributed by atoms with Crippen molar-refractivity contribution in [3.05, 3.63) is 46.1 Å². The van der Waals surface area contributed by atoms with Gasteiger partial charge in [0.05, 0.1) is 23.9 Å². The first kappa shape index (κ1) is 17.0. The van der Waals surface area contributed by atoms with Crippen LogP contribution in [0.15, 0.2) is 40.5 Å². The van der Waals surface area contributed by atoms with Crippen LogP contribution in [0.3, 0.4) is 0 Å². The van der Waals surface area contributed by atoms with Crippen molar-refractivity contribution in [1.29, 1.82) is 0 Å². The summed E-state index contributed by atoms with van der Waals surface area (Å²) >= 11 is 7.51. The van der Waals surface area contributed by atoms with Crippen LogP contribution in [0.25, 0.3) is 0 Å². The van der Waals surface area contributed by atoms with Gasteiger partial charge in [0.25, 0.3) is 0 Å². The molecule has 0 saturated carbocycles. The Hall–Kier alpha value is -1.79. The summed E-state index contributed by atoms with van der Waals surface area (Å²) in [7, 11) is 0. The molecule has 2 aliphatic rings. The number of hydrogen-bond donors (Lipinski definition) is 0. The molecule has 5 nitrogen and oxygen atoms in total. The van der Waals surface area contributed by atoms with Crippen molar-refractivity contribution >= 4 is 40.4 Å². The summed E-state index contributed by atoms with van der Waals surface area (Å²) in [5.74, 6) is 0.214. The lowest BCUT2D eigenvalue weighted by atomic mass is 9.94. The highest BCUT2D eigenvalue weighted by Gasteiger charge is 2.41. The van der Waals surface area contributed by atoms with Crippen LogP contribution in [-0.4, -0.2) is 34.3 Å². The highest BCUT2D eigenvalue weighted by molar-refractivity contribution is 8.14. The standard InChI is InChI=1S/C17H17ClN2O3S/c1-3-23-16(22)14-10(2)19-17-20(13(21)8-9-24-17)15(14)11-4-6-12(18)7-5-11/h4-7,15H,3,8-9H2,1-2H3/t15-/m0/s1. The van der Waals surface area contributed by atoms with Crippen molar-refractivity contribution in [3.63, 3.8) is 0 Å². The smallest absolute Gasteiger partial charge is 0.338 e. The zero-order chi connectivity index (χ0) is 17.3. The first-order valence-corrected chi connectivity index (χ1v) is 9.06. The van der Waals surface area contributed by atoms with Crippen LogP contribution < -0.4 is 0 Å². The first-order chi connectivity index (χ1) is 11.5. The molecule has 0 radical (unpaired) electrons. The number of nitrogens with zero attached hydrogens (tertiary/aromatic N) is 2. The number of fused-ring (bicyclic) bond motifs is 1. The largest absolute Gasteiger partial charge is 0.463 e. The van der Waals surface area contributed by atoms with E-state index >= 15 is 0 Å². The number of halogens is 1. The van der Waals surface area contributed by atoms with Gasteiger partial charge < -0.3 is 4.74 Å². The Labute approximate surface area is 149 Å². The molecule has 0 spiro atoms. The summed E-state index contributed by atoms with van der Waals surface area (Å²) in [4.78, 5) is 31.1. The average molecular weight is 365 g/mol. The van der Waals surface area contributed by atoms with E-state index in [0.717, 1.165) is 5.56 Å². The highest BCUT2D eigenvalue weighted by atomic mass is 35.5. The molecule has 126 valence electrons. The molecule has 0 aromatic heterocycles. The molecule has 1 fully saturated rings. The Kier molecular flexibility index (Phi) is 4.96. The average Bonchev–Trinajstić information content (AvgIpc) is 2.55. The fourth-order valence-corrected chi connectivity index (χ4v) is 3.96. The second kappa shape index (κ2) is 6.99. The summed E-state index contributed by atoms with van der Waals surface area (Å²) in [6.07, 6.45) is 0.420. The van der Waals surface area contributed by atoms with Gasteiger partial charge in [-0.1, -0.05) is 35.5 Å². The summed E-state index contributed by atoms with van der Waals surface area (Å²) in [6.45, 7) is 3.80. The molecular formula is C17H17ClN2O3S. The Morgan fingerprint density at radius 1 is 1.42 bits per heavy atom. The van der Waals surface area contributed by atoms with Crippen molar-refractivity contribution < 1.29 is 14.3 Å². The van der Waals surface area contributed by atoms with E-state index in [-0.39, 0.29) is 12.5 Å². The van der Waals surface area contributed by atoms with Crippen LogP contribution in [0.2, 0.25) is 5.02 Å². The fourth-order valence-electron chi connectivity index (χ4n) is 2.83. The number of benzene rings is 1. The van der Waals surface area contributed by atoms with E-state index in [1.54, 1.807) is 30.9 Å². The molecule has 2 aliphatic heterocycles. The third-order valence-electron chi connectivity index (χ3n) is 3.89. The molecular weight excluding hydrogens is 348 g/mol. The number of amides is 1. The Morgan fingerprint density at radius 2 is 2.12 bits per heavy atom. The Balaban J connectivity index is 2.14. The van der Waals surface area contributed by atoms with Crippen molar-refractivity contribution in [2.24, 2.45) is 4.99 Å². The molecule has 1 amide bonds. The van der Waals surface area contributed by atoms with Crippen molar-refractivity contribution in [1.82, 2.24) is 4.90 Å². The highest BCUT2D eigenvalue weighted by Crippen LogP contribution is 2.40. The normalized spacial score (nSPS) is 20.6. The van der Waals surface area contributed by atoms with Crippen LogP contribution in [0.4, 0.5) is 0 Å². The Bertz CT molecular complexity index is 743. The van der Waals surface area contributed by atoms with Crippen LogP contribution in [0, 0.1) is 0 Å². The predicted octanol–water partition coefficient (Wildman–Crippen LogP) is 3.55. The molecule has 0 unspecified atom stereocenters. The molecule has 7 heteroatoms. The van der Waals surface area contributed by atoms with Gasteiger partial charge in [-0.25, -0.2) is 9.79 Å². The number of esters is 1. The molecule has 1 aromatic rings. The van der Waals surface area contributed by atoms with Gasteiger partial charge in [-0.3, -0.25) is 9.69 Å². The van der Waals surface area contributed by atoms with Gasteiger partial charge in [0.15, 0.2) is 5.17 Å². The maximum absolute atomic E-state index is 12.5. The van der Waals surface area contributed by atoms with E-state index in [4.69, 9.17) is 16.3 Å². The lowest BCUT2D eigenvalue weighted by Crippen LogP contribution is -2.45. The number of ether oxygens (including phenoxy) is 1. The monoisotopic (exact) mass is 364 g/mol. The van der Waals surface area contributed by atoms with E-state index in [1.165, 1.54) is 11.8 Å². The number of allylic oxidation sites excluding steroid dienone is 1. The van der Waals surface area contributed by atoms with Gasteiger partial charge in [0, 0.05) is 17.2 Å². The van der Waals surface area contributed by atoms with Crippen LogP contribution in [0.5, 0.6) is 0 Å². The van der Waals surface area contributed by atoms with Gasteiger partial charge in [-0.05, 0) is 31.5 Å². The molecule has 3 rings (SSSR count). The second-order valence-corrected chi connectivity index (χ2v) is 6.93. The lowest BCUT2D eigenvalue weighted by Gasteiger charge is -2.38. The van der Waals surface area contributed by atoms with Crippen LogP contribution in [-0.2, 0) is 14.3 Å². The number of hydrogen-bond acceptors (Lipinski definition) is 5. The molecule has 1 saturated heterocycles. The maximum atomic E-state index is 12.5. The van der Waals surface area contributed by atoms with Gasteiger partial charge >= 0.3 is 5.97 Å². The molecule has 0 N–H and O–H groups in total. The minimum absolute atomic E-state index is 0.0400. The molecule has 2 heterocycles. The zero-order valence-corrected chi connectivity index (χ0v) is 15.0. The van der Waals surface area contributed by atoms with E-state index in [9.17, 15) is 9.59 Å². The summed E-state index contributed by atoms with van der Waals surface area (Å²) in [5.41, 5.74) is 1.80. The van der Waals surface area contributed by atoms with E-state index in [2.05, 4.69) is 4.99 Å². The van der Waals surface area contributed by atoms with Crippen molar-refractivity contribution in [2.75, 3.05) is 12.4 Å². The number of amidine groups is 1. The van der Waals surface area contributed by atoms with Gasteiger partial charge in [-0.2, -0.15) is 0 Å². The van der Waals surface area contributed by atoms with Crippen LogP contribution >= 0.6 is 23.4 Å². The SMILES string of the molecule is CCOC(=O)C1=C(C)N=C2SCCC(=O)N2[C@H]1c1ccc(Cl)cc1. The number of carbonyl (C=O) groups excluding carboxylic acids is 2. The van der Waals surface area contributed by atoms with Gasteiger partial charge in [-0.15, -0.1) is 0 Å². The van der Waals surface area contributed by atoms with E-state index in [1.807, 2.05) is 12.1 Å². The number of aliphatic imine (C=N–C) groups is 1. The number of rotatable bonds is 3. The van der Waals surface area contributed by atoms with E-state index < -0.39 is 12.0 Å². The molecule has 24 heavy (non-hydrogen) atoms. The number of carbonyl (C=O) groups is 2. The summed E-state index contributed by atoms with van der Waals surface area (Å²) in [5, 5.41) is 1.23. The quantitative estimate of drug-likeness (QED) is 0.769. The molecule has 0 bridgehead atoms. The van der Waals surface area contributed by atoms with Crippen LogP contribution in [0.1, 0.15) is 31.9 Å². The van der Waals surface area contributed by atoms with E-state index in [0.29, 0.717) is 33.6 Å². The second-order valence-electron chi connectivity index (χ2n) is 5.43. The molecule has 1 atom stereocenters. The third-order valence-corrected chi connectivity index (χ3v) is 5.09. The number of thioether (sulfide) groups is 1. The summed E-state index contributed by atoms with van der Waals surface area (Å²) < 4.78 is 5.21. The predicted molar refractivity (Wildman–Crippen MR) is 94.9 cm³/mol.